The maximum absolute atomic E-state index is 11.2. The van der Waals surface area contributed by atoms with Gasteiger partial charge >= 0.3 is 5.97 Å². The average molecular weight is 277 g/mol. The Morgan fingerprint density at radius 1 is 1.45 bits per heavy atom. The van der Waals surface area contributed by atoms with E-state index in [1.807, 2.05) is 0 Å². The summed E-state index contributed by atoms with van der Waals surface area (Å²) in [6.07, 6.45) is 7.77. The summed E-state index contributed by atoms with van der Waals surface area (Å²) >= 11 is 0. The zero-order chi connectivity index (χ0) is 13.9. The fraction of sp³-hybridized carbons (Fsp3) is 0.643. The van der Waals surface area contributed by atoms with Gasteiger partial charge in [0.1, 0.15) is 11.9 Å². The minimum atomic E-state index is -0.964. The van der Waals surface area contributed by atoms with Crippen molar-refractivity contribution >= 4 is 5.97 Å². The van der Waals surface area contributed by atoms with Crippen molar-refractivity contribution in [3.63, 3.8) is 0 Å². The predicted octanol–water partition coefficient (Wildman–Crippen LogP) is 1.32. The second-order valence-corrected chi connectivity index (χ2v) is 5.42. The summed E-state index contributed by atoms with van der Waals surface area (Å²) in [5.74, 6) is -0.964. The number of hydrogen-bond acceptors (Lipinski definition) is 5. The van der Waals surface area contributed by atoms with Crippen LogP contribution in [0.1, 0.15) is 41.7 Å². The molecule has 2 aliphatic rings. The monoisotopic (exact) mass is 277 g/mol. The number of carboxylic acids is 1. The van der Waals surface area contributed by atoms with E-state index < -0.39 is 5.97 Å². The molecule has 0 spiro atoms. The van der Waals surface area contributed by atoms with Crippen LogP contribution in [0.2, 0.25) is 0 Å². The van der Waals surface area contributed by atoms with E-state index in [0.717, 1.165) is 19.4 Å². The first kappa shape index (κ1) is 13.5. The van der Waals surface area contributed by atoms with Crippen LogP contribution >= 0.6 is 0 Å². The van der Waals surface area contributed by atoms with Gasteiger partial charge in [-0.15, -0.1) is 0 Å². The molecule has 1 saturated heterocycles. The molecule has 0 amide bonds. The minimum absolute atomic E-state index is 0.200. The van der Waals surface area contributed by atoms with Crippen molar-refractivity contribution < 1.29 is 14.6 Å². The first-order valence-electron chi connectivity index (χ1n) is 7.13. The minimum Gasteiger partial charge on any atom is -0.478 e. The van der Waals surface area contributed by atoms with Gasteiger partial charge in [0.05, 0.1) is 18.4 Å². The Kier molecular flexibility index (Phi) is 3.93. The maximum Gasteiger partial charge on any atom is 0.339 e. The summed E-state index contributed by atoms with van der Waals surface area (Å²) in [6.45, 7) is 2.12. The Labute approximate surface area is 117 Å². The smallest absolute Gasteiger partial charge is 0.339 e. The van der Waals surface area contributed by atoms with E-state index in [1.54, 1.807) is 0 Å². The topological polar surface area (TPSA) is 75.5 Å². The summed E-state index contributed by atoms with van der Waals surface area (Å²) in [5.41, 5.74) is 0.796. The predicted molar refractivity (Wildman–Crippen MR) is 71.4 cm³/mol. The molecule has 6 nitrogen and oxygen atoms in total. The SMILES string of the molecule is O=C(O)c1cncnc1CN1CCOC2CCCCC21. The zero-order valence-electron chi connectivity index (χ0n) is 11.4. The van der Waals surface area contributed by atoms with Crippen LogP contribution in [-0.2, 0) is 11.3 Å². The van der Waals surface area contributed by atoms with Gasteiger partial charge < -0.3 is 9.84 Å². The number of hydrogen-bond donors (Lipinski definition) is 1. The third-order valence-electron chi connectivity index (χ3n) is 4.23. The van der Waals surface area contributed by atoms with Gasteiger partial charge in [0, 0.05) is 25.3 Å². The Hall–Kier alpha value is -1.53. The Morgan fingerprint density at radius 3 is 3.15 bits per heavy atom. The zero-order valence-corrected chi connectivity index (χ0v) is 11.4. The second kappa shape index (κ2) is 5.85. The van der Waals surface area contributed by atoms with Gasteiger partial charge in [0.25, 0.3) is 0 Å². The highest BCUT2D eigenvalue weighted by Gasteiger charge is 2.34. The van der Waals surface area contributed by atoms with Crippen LogP contribution in [0, 0.1) is 0 Å². The molecule has 0 radical (unpaired) electrons. The fourth-order valence-corrected chi connectivity index (χ4v) is 3.22. The molecule has 1 aromatic rings. The number of aromatic carboxylic acids is 1. The van der Waals surface area contributed by atoms with Crippen LogP contribution in [0.25, 0.3) is 0 Å². The lowest BCUT2D eigenvalue weighted by molar-refractivity contribution is -0.0915. The molecule has 1 aromatic heterocycles. The number of rotatable bonds is 3. The van der Waals surface area contributed by atoms with Crippen LogP contribution in [0.4, 0.5) is 0 Å². The Morgan fingerprint density at radius 2 is 2.30 bits per heavy atom. The molecule has 20 heavy (non-hydrogen) atoms. The molecule has 1 aliphatic carbocycles. The number of morpholine rings is 1. The molecule has 1 saturated carbocycles. The van der Waals surface area contributed by atoms with Gasteiger partial charge in [-0.25, -0.2) is 14.8 Å². The van der Waals surface area contributed by atoms with Crippen LogP contribution in [0.15, 0.2) is 12.5 Å². The quantitative estimate of drug-likeness (QED) is 0.898. The first-order valence-corrected chi connectivity index (χ1v) is 7.13. The number of nitrogens with zero attached hydrogens (tertiary/aromatic N) is 3. The molecule has 1 aliphatic heterocycles. The van der Waals surface area contributed by atoms with Crippen molar-refractivity contribution in [3.05, 3.63) is 23.8 Å². The van der Waals surface area contributed by atoms with Gasteiger partial charge in [0.2, 0.25) is 0 Å². The van der Waals surface area contributed by atoms with Gasteiger partial charge in [-0.3, -0.25) is 4.90 Å². The summed E-state index contributed by atoms with van der Waals surface area (Å²) in [4.78, 5) is 21.5. The maximum atomic E-state index is 11.2. The molecule has 0 aromatic carbocycles. The largest absolute Gasteiger partial charge is 0.478 e. The number of fused-ring (bicyclic) bond motifs is 1. The summed E-state index contributed by atoms with van der Waals surface area (Å²) in [7, 11) is 0. The Bertz CT molecular complexity index is 492. The van der Waals surface area contributed by atoms with Crippen LogP contribution < -0.4 is 0 Å². The lowest BCUT2D eigenvalue weighted by atomic mass is 9.90. The van der Waals surface area contributed by atoms with Crippen molar-refractivity contribution in [2.45, 2.75) is 44.4 Å². The van der Waals surface area contributed by atoms with Crippen LogP contribution in [0.3, 0.4) is 0 Å². The third kappa shape index (κ3) is 2.66. The van der Waals surface area contributed by atoms with Gasteiger partial charge in [-0.1, -0.05) is 12.8 Å². The van der Waals surface area contributed by atoms with Gasteiger partial charge in [-0.2, -0.15) is 0 Å². The van der Waals surface area contributed by atoms with E-state index in [-0.39, 0.29) is 5.56 Å². The fourth-order valence-electron chi connectivity index (χ4n) is 3.22. The van der Waals surface area contributed by atoms with E-state index in [1.165, 1.54) is 25.4 Å². The van der Waals surface area contributed by atoms with E-state index >= 15 is 0 Å². The number of carboxylic acid groups (broad SMARTS) is 1. The molecular weight excluding hydrogens is 258 g/mol. The highest BCUT2D eigenvalue weighted by atomic mass is 16.5. The molecular formula is C14H19N3O3. The first-order chi connectivity index (χ1) is 9.75. The summed E-state index contributed by atoms with van der Waals surface area (Å²) < 4.78 is 5.84. The molecule has 6 heteroatoms. The Balaban J connectivity index is 1.78. The van der Waals surface area contributed by atoms with Crippen molar-refractivity contribution in [1.29, 1.82) is 0 Å². The molecule has 0 bridgehead atoms. The van der Waals surface area contributed by atoms with Crippen molar-refractivity contribution in [1.82, 2.24) is 14.9 Å². The molecule has 108 valence electrons. The molecule has 2 fully saturated rings. The highest BCUT2D eigenvalue weighted by molar-refractivity contribution is 5.88. The number of carbonyl (C=O) groups is 1. The van der Waals surface area contributed by atoms with E-state index in [2.05, 4.69) is 14.9 Å². The number of aromatic nitrogens is 2. The molecule has 3 rings (SSSR count). The van der Waals surface area contributed by atoms with Crippen molar-refractivity contribution in [3.8, 4) is 0 Å². The molecule has 2 unspecified atom stereocenters. The van der Waals surface area contributed by atoms with Crippen molar-refractivity contribution in [2.24, 2.45) is 0 Å². The van der Waals surface area contributed by atoms with E-state index in [4.69, 9.17) is 4.74 Å². The lowest BCUT2D eigenvalue weighted by Crippen LogP contribution is -2.52. The van der Waals surface area contributed by atoms with Crippen molar-refractivity contribution in [2.75, 3.05) is 13.2 Å². The van der Waals surface area contributed by atoms with Crippen LogP contribution in [0.5, 0.6) is 0 Å². The normalized spacial score (nSPS) is 27.0. The lowest BCUT2D eigenvalue weighted by Gasteiger charge is -2.43. The van der Waals surface area contributed by atoms with Gasteiger partial charge in [-0.05, 0) is 12.8 Å². The highest BCUT2D eigenvalue weighted by Crippen LogP contribution is 2.29. The third-order valence-corrected chi connectivity index (χ3v) is 4.23. The summed E-state index contributed by atoms with van der Waals surface area (Å²) in [6, 6.07) is 0.397. The second-order valence-electron chi connectivity index (χ2n) is 5.42. The van der Waals surface area contributed by atoms with Crippen LogP contribution in [-0.4, -0.2) is 51.2 Å². The summed E-state index contributed by atoms with van der Waals surface area (Å²) in [5, 5.41) is 9.20. The average Bonchev–Trinajstić information content (AvgIpc) is 2.48. The standard InChI is InChI=1S/C14H19N3O3/c18-14(19)10-7-15-9-16-11(10)8-17-5-6-20-13-4-2-1-3-12(13)17/h7,9,12-13H,1-6,8H2,(H,18,19). The number of ether oxygens (including phenoxy) is 1. The van der Waals surface area contributed by atoms with E-state index in [9.17, 15) is 9.90 Å². The van der Waals surface area contributed by atoms with E-state index in [0.29, 0.717) is 31.0 Å². The molecule has 2 heterocycles. The molecule has 1 N–H and O–H groups in total. The van der Waals surface area contributed by atoms with Gasteiger partial charge in [0.15, 0.2) is 0 Å². The molecule has 2 atom stereocenters.